The van der Waals surface area contributed by atoms with E-state index in [0.29, 0.717) is 5.92 Å². The molecule has 0 saturated heterocycles. The number of aryl methyl sites for hydroxylation is 1. The zero-order valence-electron chi connectivity index (χ0n) is 10.1. The smallest absolute Gasteiger partial charge is 0.192 e. The lowest BCUT2D eigenvalue weighted by atomic mass is 10.0. The summed E-state index contributed by atoms with van der Waals surface area (Å²) in [5.41, 5.74) is 1.93. The summed E-state index contributed by atoms with van der Waals surface area (Å²) in [5, 5.41) is 0.764. The van der Waals surface area contributed by atoms with Crippen LogP contribution >= 0.6 is 15.9 Å². The molecule has 2 nitrogen and oxygen atoms in total. The minimum absolute atomic E-state index is 0.153. The third-order valence-electron chi connectivity index (χ3n) is 2.91. The Morgan fingerprint density at radius 3 is 2.82 bits per heavy atom. The Morgan fingerprint density at radius 2 is 2.12 bits per heavy atom. The fraction of sp³-hybridized carbons (Fsp3) is 0.357. The highest BCUT2D eigenvalue weighted by molar-refractivity contribution is 9.10. The predicted octanol–water partition coefficient (Wildman–Crippen LogP) is 3.88. The fourth-order valence-corrected chi connectivity index (χ4v) is 2.22. The van der Waals surface area contributed by atoms with Crippen molar-refractivity contribution in [1.82, 2.24) is 4.98 Å². The molecular formula is C14H16BrNO. The Hall–Kier alpha value is -1.09. The number of halogens is 1. The maximum Gasteiger partial charge on any atom is 0.192 e. The Bertz CT molecular complexity index is 586. The van der Waals surface area contributed by atoms with Crippen molar-refractivity contribution in [3.8, 4) is 0 Å². The van der Waals surface area contributed by atoms with E-state index < -0.39 is 0 Å². The summed E-state index contributed by atoms with van der Waals surface area (Å²) in [5.74, 6) is 0.618. The van der Waals surface area contributed by atoms with Crippen molar-refractivity contribution in [3.05, 3.63) is 44.7 Å². The van der Waals surface area contributed by atoms with Crippen LogP contribution in [-0.2, 0) is 6.42 Å². The molecule has 0 aliphatic carbocycles. The first-order valence-electron chi connectivity index (χ1n) is 5.87. The zero-order valence-corrected chi connectivity index (χ0v) is 11.7. The maximum atomic E-state index is 12.3. The lowest BCUT2D eigenvalue weighted by Gasteiger charge is -2.05. The number of H-pyrrole nitrogens is 1. The summed E-state index contributed by atoms with van der Waals surface area (Å²) in [6.07, 6.45) is 3.74. The lowest BCUT2D eigenvalue weighted by molar-refractivity contribution is 0.585. The summed E-state index contributed by atoms with van der Waals surface area (Å²) in [7, 11) is 0. The third-order valence-corrected chi connectivity index (χ3v) is 3.40. The van der Waals surface area contributed by atoms with Crippen molar-refractivity contribution >= 4 is 26.8 Å². The van der Waals surface area contributed by atoms with Gasteiger partial charge in [-0.25, -0.2) is 0 Å². The third kappa shape index (κ3) is 2.78. The van der Waals surface area contributed by atoms with Crippen LogP contribution in [0, 0.1) is 5.92 Å². The second kappa shape index (κ2) is 5.05. The van der Waals surface area contributed by atoms with E-state index in [9.17, 15) is 4.79 Å². The molecule has 0 radical (unpaired) electrons. The number of rotatable bonds is 3. The van der Waals surface area contributed by atoms with E-state index in [2.05, 4.69) is 34.8 Å². The highest BCUT2D eigenvalue weighted by Crippen LogP contribution is 2.16. The molecule has 1 heterocycles. The van der Waals surface area contributed by atoms with E-state index in [1.165, 1.54) is 0 Å². The van der Waals surface area contributed by atoms with Crippen LogP contribution in [-0.4, -0.2) is 4.98 Å². The largest absolute Gasteiger partial charge is 0.361 e. The van der Waals surface area contributed by atoms with Gasteiger partial charge in [0.25, 0.3) is 0 Å². The molecule has 3 heteroatoms. The van der Waals surface area contributed by atoms with Gasteiger partial charge < -0.3 is 4.98 Å². The molecule has 1 N–H and O–H groups in total. The molecule has 0 saturated carbocycles. The number of fused-ring (bicyclic) bond motifs is 1. The summed E-state index contributed by atoms with van der Waals surface area (Å²) in [6, 6.07) is 5.74. The number of pyridine rings is 1. The standard InChI is InChI=1S/C14H16BrNO/c1-9(2)3-4-10-8-16-13-6-5-11(15)7-12(13)14(10)17/h5-9H,3-4H2,1-2H3,(H,16,17). The zero-order chi connectivity index (χ0) is 12.4. The molecule has 0 fully saturated rings. The van der Waals surface area contributed by atoms with Crippen molar-refractivity contribution in [2.24, 2.45) is 5.92 Å². The number of hydrogen-bond acceptors (Lipinski definition) is 1. The first kappa shape index (κ1) is 12.4. The molecule has 1 aromatic carbocycles. The molecule has 0 bridgehead atoms. The first-order chi connectivity index (χ1) is 8.08. The average Bonchev–Trinajstić information content (AvgIpc) is 2.29. The predicted molar refractivity (Wildman–Crippen MR) is 75.4 cm³/mol. The van der Waals surface area contributed by atoms with Crippen LogP contribution in [0.3, 0.4) is 0 Å². The van der Waals surface area contributed by atoms with E-state index in [1.54, 1.807) is 0 Å². The van der Waals surface area contributed by atoms with Crippen LogP contribution in [0.1, 0.15) is 25.8 Å². The normalized spacial score (nSPS) is 11.3. The average molecular weight is 294 g/mol. The van der Waals surface area contributed by atoms with Gasteiger partial charge in [-0.05, 0) is 37.0 Å². The molecule has 0 aliphatic heterocycles. The molecule has 0 atom stereocenters. The number of aromatic nitrogens is 1. The quantitative estimate of drug-likeness (QED) is 0.915. The van der Waals surface area contributed by atoms with E-state index in [1.807, 2.05) is 24.4 Å². The van der Waals surface area contributed by atoms with Gasteiger partial charge in [0.1, 0.15) is 0 Å². The summed E-state index contributed by atoms with van der Waals surface area (Å²) < 4.78 is 0.941. The minimum Gasteiger partial charge on any atom is -0.361 e. The van der Waals surface area contributed by atoms with Crippen LogP contribution in [0.25, 0.3) is 10.9 Å². The van der Waals surface area contributed by atoms with Gasteiger partial charge in [0.05, 0.1) is 0 Å². The van der Waals surface area contributed by atoms with Gasteiger partial charge in [-0.2, -0.15) is 0 Å². The Kier molecular flexibility index (Phi) is 3.67. The van der Waals surface area contributed by atoms with Gasteiger partial charge in [0.2, 0.25) is 0 Å². The molecule has 2 rings (SSSR count). The minimum atomic E-state index is 0.153. The number of aromatic amines is 1. The Labute approximate surface area is 109 Å². The van der Waals surface area contributed by atoms with E-state index in [-0.39, 0.29) is 5.43 Å². The lowest BCUT2D eigenvalue weighted by Crippen LogP contribution is -2.11. The van der Waals surface area contributed by atoms with Gasteiger partial charge in [-0.1, -0.05) is 29.8 Å². The molecule has 0 spiro atoms. The van der Waals surface area contributed by atoms with Crippen molar-refractivity contribution in [2.45, 2.75) is 26.7 Å². The highest BCUT2D eigenvalue weighted by Gasteiger charge is 2.06. The molecule has 1 aromatic heterocycles. The second-order valence-corrected chi connectivity index (χ2v) is 5.68. The number of benzene rings is 1. The van der Waals surface area contributed by atoms with Gasteiger partial charge in [-0.3, -0.25) is 4.79 Å². The second-order valence-electron chi connectivity index (χ2n) is 4.77. The molecule has 0 amide bonds. The molecule has 0 unspecified atom stereocenters. The molecule has 2 aromatic rings. The Balaban J connectivity index is 2.46. The van der Waals surface area contributed by atoms with Gasteiger partial charge >= 0.3 is 0 Å². The van der Waals surface area contributed by atoms with E-state index in [0.717, 1.165) is 33.8 Å². The van der Waals surface area contributed by atoms with E-state index in [4.69, 9.17) is 0 Å². The van der Waals surface area contributed by atoms with Crippen LogP contribution < -0.4 is 5.43 Å². The van der Waals surface area contributed by atoms with Crippen molar-refractivity contribution < 1.29 is 0 Å². The number of nitrogens with one attached hydrogen (secondary N) is 1. The topological polar surface area (TPSA) is 32.9 Å². The van der Waals surface area contributed by atoms with E-state index >= 15 is 0 Å². The molecular weight excluding hydrogens is 278 g/mol. The van der Waals surface area contributed by atoms with Crippen LogP contribution in [0.4, 0.5) is 0 Å². The van der Waals surface area contributed by atoms with Crippen molar-refractivity contribution in [1.29, 1.82) is 0 Å². The SMILES string of the molecule is CC(C)CCc1c[nH]c2ccc(Br)cc2c1=O. The molecule has 0 aliphatic rings. The summed E-state index contributed by atoms with van der Waals surface area (Å²) in [4.78, 5) is 15.4. The summed E-state index contributed by atoms with van der Waals surface area (Å²) in [6.45, 7) is 4.34. The summed E-state index contributed by atoms with van der Waals surface area (Å²) >= 11 is 3.40. The van der Waals surface area contributed by atoms with Gasteiger partial charge in [-0.15, -0.1) is 0 Å². The van der Waals surface area contributed by atoms with Gasteiger partial charge in [0, 0.05) is 27.1 Å². The van der Waals surface area contributed by atoms with Gasteiger partial charge in [0.15, 0.2) is 5.43 Å². The van der Waals surface area contributed by atoms with Crippen molar-refractivity contribution in [3.63, 3.8) is 0 Å². The van der Waals surface area contributed by atoms with Crippen LogP contribution in [0.15, 0.2) is 33.7 Å². The van der Waals surface area contributed by atoms with Crippen LogP contribution in [0.2, 0.25) is 0 Å². The first-order valence-corrected chi connectivity index (χ1v) is 6.67. The Morgan fingerprint density at radius 1 is 1.35 bits per heavy atom. The fourth-order valence-electron chi connectivity index (χ4n) is 1.86. The number of hydrogen-bond donors (Lipinski definition) is 1. The maximum absolute atomic E-state index is 12.3. The molecule has 90 valence electrons. The van der Waals surface area contributed by atoms with Crippen molar-refractivity contribution in [2.75, 3.05) is 0 Å². The molecule has 17 heavy (non-hydrogen) atoms. The van der Waals surface area contributed by atoms with Crippen LogP contribution in [0.5, 0.6) is 0 Å². The highest BCUT2D eigenvalue weighted by atomic mass is 79.9. The monoisotopic (exact) mass is 293 g/mol.